The van der Waals surface area contributed by atoms with E-state index in [2.05, 4.69) is 36.0 Å². The Bertz CT molecular complexity index is 1070. The molecule has 1 N–H and O–H groups in total. The van der Waals surface area contributed by atoms with Crippen molar-refractivity contribution in [3.63, 3.8) is 0 Å². The summed E-state index contributed by atoms with van der Waals surface area (Å²) in [6, 6.07) is 18.3. The van der Waals surface area contributed by atoms with E-state index in [9.17, 15) is 4.39 Å². The molecule has 0 saturated carbocycles. The molecule has 1 saturated heterocycles. The van der Waals surface area contributed by atoms with Crippen molar-refractivity contribution in [3.8, 4) is 11.3 Å². The van der Waals surface area contributed by atoms with Gasteiger partial charge in [-0.2, -0.15) is 0 Å². The highest BCUT2D eigenvalue weighted by atomic mass is 19.1. The SMILES string of the molecule is Fc1ccc(-c2ccc(N3CCN(Cc4nc5ccccc5[nH]4)CC3)nn2)cc1. The second kappa shape index (κ2) is 7.60. The number of anilines is 1. The summed E-state index contributed by atoms with van der Waals surface area (Å²) >= 11 is 0. The average Bonchev–Trinajstić information content (AvgIpc) is 3.17. The van der Waals surface area contributed by atoms with Crippen LogP contribution in [-0.4, -0.2) is 51.2 Å². The zero-order valence-electron chi connectivity index (χ0n) is 15.9. The van der Waals surface area contributed by atoms with Crippen LogP contribution in [0, 0.1) is 5.82 Å². The molecule has 0 aliphatic carbocycles. The number of imidazole rings is 1. The van der Waals surface area contributed by atoms with E-state index in [-0.39, 0.29) is 5.82 Å². The maximum absolute atomic E-state index is 13.1. The van der Waals surface area contributed by atoms with Crippen molar-refractivity contribution >= 4 is 16.9 Å². The Morgan fingerprint density at radius 2 is 1.66 bits per heavy atom. The number of nitrogens with one attached hydrogen (secondary N) is 1. The molecule has 0 bridgehead atoms. The number of hydrogen-bond acceptors (Lipinski definition) is 5. The number of piperazine rings is 1. The largest absolute Gasteiger partial charge is 0.353 e. The van der Waals surface area contributed by atoms with Gasteiger partial charge >= 0.3 is 0 Å². The Morgan fingerprint density at radius 3 is 2.38 bits per heavy atom. The van der Waals surface area contributed by atoms with Crippen LogP contribution in [0.3, 0.4) is 0 Å². The number of hydrogen-bond donors (Lipinski definition) is 1. The van der Waals surface area contributed by atoms with Crippen molar-refractivity contribution in [2.24, 2.45) is 0 Å². The molecule has 0 spiro atoms. The van der Waals surface area contributed by atoms with E-state index in [1.807, 2.05) is 30.3 Å². The molecule has 4 aromatic rings. The highest BCUT2D eigenvalue weighted by Gasteiger charge is 2.19. The number of halogens is 1. The summed E-state index contributed by atoms with van der Waals surface area (Å²) in [6.45, 7) is 4.49. The van der Waals surface area contributed by atoms with Gasteiger partial charge < -0.3 is 9.88 Å². The van der Waals surface area contributed by atoms with E-state index < -0.39 is 0 Å². The molecular formula is C22H21FN6. The van der Waals surface area contributed by atoms with Gasteiger partial charge in [-0.3, -0.25) is 4.90 Å². The minimum absolute atomic E-state index is 0.251. The topological polar surface area (TPSA) is 60.9 Å². The van der Waals surface area contributed by atoms with Gasteiger partial charge in [0.05, 0.1) is 23.3 Å². The molecule has 146 valence electrons. The van der Waals surface area contributed by atoms with Crippen LogP contribution >= 0.6 is 0 Å². The second-order valence-corrected chi connectivity index (χ2v) is 7.25. The van der Waals surface area contributed by atoms with E-state index in [1.165, 1.54) is 12.1 Å². The third-order valence-corrected chi connectivity index (χ3v) is 5.30. The van der Waals surface area contributed by atoms with Crippen LogP contribution in [0.5, 0.6) is 0 Å². The minimum atomic E-state index is -0.251. The molecule has 0 amide bonds. The number of aromatic amines is 1. The number of aromatic nitrogens is 4. The molecule has 2 aromatic carbocycles. The molecule has 29 heavy (non-hydrogen) atoms. The van der Waals surface area contributed by atoms with Crippen LogP contribution in [0.15, 0.2) is 60.7 Å². The summed E-state index contributed by atoms with van der Waals surface area (Å²) in [5, 5.41) is 8.71. The van der Waals surface area contributed by atoms with Gasteiger partial charge in [-0.05, 0) is 48.5 Å². The smallest absolute Gasteiger partial charge is 0.151 e. The fourth-order valence-electron chi connectivity index (χ4n) is 3.70. The van der Waals surface area contributed by atoms with E-state index in [4.69, 9.17) is 0 Å². The summed E-state index contributed by atoms with van der Waals surface area (Å²) in [5.41, 5.74) is 3.70. The van der Waals surface area contributed by atoms with Gasteiger partial charge in [0.1, 0.15) is 11.6 Å². The molecule has 1 aliphatic rings. The molecule has 5 rings (SSSR count). The predicted octanol–water partition coefficient (Wildman–Crippen LogP) is 3.48. The Balaban J connectivity index is 1.20. The van der Waals surface area contributed by atoms with Crippen LogP contribution < -0.4 is 4.90 Å². The Labute approximate surface area is 168 Å². The van der Waals surface area contributed by atoms with Gasteiger partial charge in [0.2, 0.25) is 0 Å². The molecule has 2 aromatic heterocycles. The summed E-state index contributed by atoms with van der Waals surface area (Å²) in [6.07, 6.45) is 0. The molecule has 1 aliphatic heterocycles. The normalized spacial score (nSPS) is 15.1. The van der Waals surface area contributed by atoms with Crippen LogP contribution in [0.4, 0.5) is 10.2 Å². The quantitative estimate of drug-likeness (QED) is 0.580. The summed E-state index contributed by atoms with van der Waals surface area (Å²) in [7, 11) is 0. The van der Waals surface area contributed by atoms with Gasteiger partial charge in [0.25, 0.3) is 0 Å². The zero-order chi connectivity index (χ0) is 19.6. The summed E-state index contributed by atoms with van der Waals surface area (Å²) < 4.78 is 13.1. The number of benzene rings is 2. The maximum Gasteiger partial charge on any atom is 0.151 e. The first kappa shape index (κ1) is 17.8. The number of fused-ring (bicyclic) bond motifs is 1. The van der Waals surface area contributed by atoms with Crippen LogP contribution in [0.2, 0.25) is 0 Å². The van der Waals surface area contributed by atoms with Gasteiger partial charge in [0, 0.05) is 31.7 Å². The highest BCUT2D eigenvalue weighted by molar-refractivity contribution is 5.74. The fourth-order valence-corrected chi connectivity index (χ4v) is 3.70. The third-order valence-electron chi connectivity index (χ3n) is 5.30. The van der Waals surface area contributed by atoms with Crippen molar-refractivity contribution in [2.75, 3.05) is 31.1 Å². The Morgan fingerprint density at radius 1 is 0.862 bits per heavy atom. The first-order valence-corrected chi connectivity index (χ1v) is 9.75. The lowest BCUT2D eigenvalue weighted by molar-refractivity contribution is 0.244. The van der Waals surface area contributed by atoms with Gasteiger partial charge in [-0.15, -0.1) is 10.2 Å². The first-order valence-electron chi connectivity index (χ1n) is 9.75. The molecular weight excluding hydrogens is 367 g/mol. The maximum atomic E-state index is 13.1. The predicted molar refractivity (Wildman–Crippen MR) is 111 cm³/mol. The third kappa shape index (κ3) is 3.82. The zero-order valence-corrected chi connectivity index (χ0v) is 15.9. The number of nitrogens with zero attached hydrogens (tertiary/aromatic N) is 5. The van der Waals surface area contributed by atoms with E-state index >= 15 is 0 Å². The van der Waals surface area contributed by atoms with Crippen LogP contribution in [0.1, 0.15) is 5.82 Å². The molecule has 3 heterocycles. The van der Waals surface area contributed by atoms with E-state index in [1.54, 1.807) is 12.1 Å². The van der Waals surface area contributed by atoms with Crippen molar-refractivity contribution in [2.45, 2.75) is 6.54 Å². The highest BCUT2D eigenvalue weighted by Crippen LogP contribution is 2.20. The Hall–Kier alpha value is -3.32. The molecule has 1 fully saturated rings. The molecule has 0 atom stereocenters. The van der Waals surface area contributed by atoms with Crippen LogP contribution in [-0.2, 0) is 6.54 Å². The summed E-state index contributed by atoms with van der Waals surface area (Å²) in [5.74, 6) is 1.63. The average molecular weight is 388 g/mol. The second-order valence-electron chi connectivity index (χ2n) is 7.25. The van der Waals surface area contributed by atoms with Crippen molar-refractivity contribution < 1.29 is 4.39 Å². The fraction of sp³-hybridized carbons (Fsp3) is 0.227. The van der Waals surface area contributed by atoms with Gasteiger partial charge in [-0.1, -0.05) is 12.1 Å². The summed E-state index contributed by atoms with van der Waals surface area (Å²) in [4.78, 5) is 12.7. The monoisotopic (exact) mass is 388 g/mol. The number of rotatable bonds is 4. The molecule has 0 radical (unpaired) electrons. The molecule has 0 unspecified atom stereocenters. The lowest BCUT2D eigenvalue weighted by Crippen LogP contribution is -2.46. The van der Waals surface area contributed by atoms with Gasteiger partial charge in [-0.25, -0.2) is 9.37 Å². The van der Waals surface area contributed by atoms with Crippen LogP contribution in [0.25, 0.3) is 22.3 Å². The number of H-pyrrole nitrogens is 1. The van der Waals surface area contributed by atoms with E-state index in [0.29, 0.717) is 0 Å². The molecule has 7 heteroatoms. The van der Waals surface area contributed by atoms with E-state index in [0.717, 1.165) is 66.7 Å². The van der Waals surface area contributed by atoms with Crippen molar-refractivity contribution in [3.05, 3.63) is 72.3 Å². The van der Waals surface area contributed by atoms with Crippen molar-refractivity contribution in [1.29, 1.82) is 0 Å². The lowest BCUT2D eigenvalue weighted by atomic mass is 10.1. The number of para-hydroxylation sites is 2. The first-order chi connectivity index (χ1) is 14.2. The minimum Gasteiger partial charge on any atom is -0.353 e. The Kier molecular flexibility index (Phi) is 4.65. The lowest BCUT2D eigenvalue weighted by Gasteiger charge is -2.34. The van der Waals surface area contributed by atoms with Crippen molar-refractivity contribution in [1.82, 2.24) is 25.1 Å². The van der Waals surface area contributed by atoms with Gasteiger partial charge in [0.15, 0.2) is 5.82 Å². The standard InChI is InChI=1S/C22H21FN6/c23-17-7-5-16(6-8-17)18-9-10-22(27-26-18)29-13-11-28(12-14-29)15-21-24-19-3-1-2-4-20(19)25-21/h1-10H,11-15H2,(H,24,25). The molecule has 6 nitrogen and oxygen atoms in total.